The summed E-state index contributed by atoms with van der Waals surface area (Å²) < 4.78 is 24.3. The lowest BCUT2D eigenvalue weighted by molar-refractivity contribution is -0.154. The normalized spacial score (nSPS) is 21.0. The molecule has 2 aromatic rings. The molecule has 0 bridgehead atoms. The summed E-state index contributed by atoms with van der Waals surface area (Å²) in [5.74, 6) is 0.0828. The van der Waals surface area contributed by atoms with Crippen molar-refractivity contribution in [2.45, 2.75) is 32.9 Å². The second kappa shape index (κ2) is 6.39. The first-order valence-electron chi connectivity index (χ1n) is 8.20. The van der Waals surface area contributed by atoms with Crippen LogP contribution in [0.2, 0.25) is 0 Å². The smallest absolute Gasteiger partial charge is 0.303 e. The number of fused-ring (bicyclic) bond motifs is 1. The largest absolute Gasteiger partial charge is 0.497 e. The number of esters is 1. The molecule has 0 fully saturated rings. The van der Waals surface area contributed by atoms with Crippen LogP contribution in [0.25, 0.3) is 0 Å². The van der Waals surface area contributed by atoms with Crippen molar-refractivity contribution in [3.63, 3.8) is 0 Å². The van der Waals surface area contributed by atoms with E-state index in [1.807, 2.05) is 32.0 Å². The van der Waals surface area contributed by atoms with Crippen molar-refractivity contribution < 1.29 is 18.7 Å². The standard InChI is InChI=1S/C20H22FNO3/c1-12(23)25-19-16-11-15(24-4)9-10-17(16)22-18(20(19,2)3)13-5-7-14(21)8-6-13/h5-11,18-19,22H,1-4H3/t18-,19-/m1/s1. The third kappa shape index (κ3) is 3.18. The molecule has 25 heavy (non-hydrogen) atoms. The number of nitrogens with one attached hydrogen (secondary N) is 1. The van der Waals surface area contributed by atoms with Crippen molar-refractivity contribution in [1.29, 1.82) is 0 Å². The van der Waals surface area contributed by atoms with Crippen LogP contribution < -0.4 is 10.1 Å². The van der Waals surface area contributed by atoms with E-state index in [4.69, 9.17) is 9.47 Å². The second-order valence-corrected chi connectivity index (χ2v) is 6.89. The zero-order chi connectivity index (χ0) is 18.2. The van der Waals surface area contributed by atoms with Gasteiger partial charge < -0.3 is 14.8 Å². The Hall–Kier alpha value is -2.56. The number of benzene rings is 2. The van der Waals surface area contributed by atoms with Crippen LogP contribution in [-0.2, 0) is 9.53 Å². The number of hydrogen-bond donors (Lipinski definition) is 1. The summed E-state index contributed by atoms with van der Waals surface area (Å²) in [6.07, 6.45) is -0.452. The Labute approximate surface area is 147 Å². The predicted octanol–water partition coefficient (Wildman–Crippen LogP) is 4.63. The highest BCUT2D eigenvalue weighted by molar-refractivity contribution is 5.68. The molecule has 0 aliphatic carbocycles. The van der Waals surface area contributed by atoms with Crippen LogP contribution in [0.1, 0.15) is 44.0 Å². The van der Waals surface area contributed by atoms with E-state index in [1.165, 1.54) is 19.1 Å². The fraction of sp³-hybridized carbons (Fsp3) is 0.350. The zero-order valence-electron chi connectivity index (χ0n) is 14.8. The number of halogens is 1. The summed E-state index contributed by atoms with van der Waals surface area (Å²) in [6.45, 7) is 5.47. The molecular formula is C20H22FNO3. The quantitative estimate of drug-likeness (QED) is 0.826. The first-order chi connectivity index (χ1) is 11.8. The van der Waals surface area contributed by atoms with Crippen molar-refractivity contribution in [1.82, 2.24) is 0 Å². The van der Waals surface area contributed by atoms with E-state index in [0.29, 0.717) is 5.75 Å². The molecule has 1 aliphatic rings. The average molecular weight is 343 g/mol. The highest BCUT2D eigenvalue weighted by Gasteiger charge is 2.46. The molecule has 0 spiro atoms. The van der Waals surface area contributed by atoms with E-state index in [1.54, 1.807) is 19.2 Å². The number of methoxy groups -OCH3 is 1. The molecule has 0 saturated heterocycles. The lowest BCUT2D eigenvalue weighted by atomic mass is 9.70. The number of ether oxygens (including phenoxy) is 2. The summed E-state index contributed by atoms with van der Waals surface area (Å²) in [5, 5.41) is 3.51. The Morgan fingerprint density at radius 2 is 1.84 bits per heavy atom. The monoisotopic (exact) mass is 343 g/mol. The maximum Gasteiger partial charge on any atom is 0.303 e. The summed E-state index contributed by atoms with van der Waals surface area (Å²) in [7, 11) is 1.60. The molecular weight excluding hydrogens is 321 g/mol. The first-order valence-corrected chi connectivity index (χ1v) is 8.20. The Morgan fingerprint density at radius 1 is 1.16 bits per heavy atom. The maximum atomic E-state index is 13.3. The van der Waals surface area contributed by atoms with Gasteiger partial charge >= 0.3 is 5.97 Å². The van der Waals surface area contributed by atoms with Crippen molar-refractivity contribution >= 4 is 11.7 Å². The van der Waals surface area contributed by atoms with Crippen LogP contribution in [0.4, 0.5) is 10.1 Å². The van der Waals surface area contributed by atoms with Crippen molar-refractivity contribution in [2.75, 3.05) is 12.4 Å². The van der Waals surface area contributed by atoms with Gasteiger partial charge in [-0.25, -0.2) is 4.39 Å². The minimum absolute atomic E-state index is 0.140. The molecule has 2 atom stereocenters. The fourth-order valence-corrected chi connectivity index (χ4v) is 3.46. The molecule has 3 rings (SSSR count). The fourth-order valence-electron chi connectivity index (χ4n) is 3.46. The van der Waals surface area contributed by atoms with Gasteiger partial charge in [-0.3, -0.25) is 4.79 Å². The number of carbonyl (C=O) groups is 1. The van der Waals surface area contributed by atoms with Crippen molar-refractivity contribution in [2.24, 2.45) is 5.41 Å². The zero-order valence-corrected chi connectivity index (χ0v) is 14.8. The Morgan fingerprint density at radius 3 is 2.44 bits per heavy atom. The molecule has 1 aliphatic heterocycles. The van der Waals surface area contributed by atoms with Crippen LogP contribution in [0.5, 0.6) is 5.75 Å². The Kier molecular flexibility index (Phi) is 4.41. The molecule has 132 valence electrons. The third-order valence-corrected chi connectivity index (χ3v) is 4.75. The number of carbonyl (C=O) groups excluding carboxylic acids is 1. The average Bonchev–Trinajstić information content (AvgIpc) is 2.57. The van der Waals surface area contributed by atoms with E-state index in [2.05, 4.69) is 5.32 Å². The minimum atomic E-state index is -0.455. The van der Waals surface area contributed by atoms with Crippen molar-refractivity contribution in [3.8, 4) is 5.75 Å². The van der Waals surface area contributed by atoms with E-state index in [9.17, 15) is 9.18 Å². The topological polar surface area (TPSA) is 47.6 Å². The Bertz CT molecular complexity index is 786. The lowest BCUT2D eigenvalue weighted by Gasteiger charge is -2.46. The predicted molar refractivity (Wildman–Crippen MR) is 94.0 cm³/mol. The van der Waals surface area contributed by atoms with Gasteiger partial charge in [0.15, 0.2) is 0 Å². The molecule has 1 N–H and O–H groups in total. The molecule has 4 nitrogen and oxygen atoms in total. The molecule has 0 unspecified atom stereocenters. The molecule has 0 radical (unpaired) electrons. The lowest BCUT2D eigenvalue weighted by Crippen LogP contribution is -2.40. The van der Waals surface area contributed by atoms with Gasteiger partial charge in [-0.2, -0.15) is 0 Å². The first kappa shape index (κ1) is 17.3. The van der Waals surface area contributed by atoms with Crippen LogP contribution in [0, 0.1) is 11.2 Å². The van der Waals surface area contributed by atoms with Gasteiger partial charge in [0.2, 0.25) is 0 Å². The van der Waals surface area contributed by atoms with Gasteiger partial charge in [0.1, 0.15) is 17.7 Å². The van der Waals surface area contributed by atoms with Gasteiger partial charge in [0, 0.05) is 23.6 Å². The second-order valence-electron chi connectivity index (χ2n) is 6.89. The van der Waals surface area contributed by atoms with E-state index in [0.717, 1.165) is 16.8 Å². The molecule has 1 heterocycles. The third-order valence-electron chi connectivity index (χ3n) is 4.75. The van der Waals surface area contributed by atoms with Crippen LogP contribution in [0.15, 0.2) is 42.5 Å². The Balaban J connectivity index is 2.11. The number of hydrogen-bond acceptors (Lipinski definition) is 4. The van der Waals surface area contributed by atoms with Gasteiger partial charge in [0.05, 0.1) is 13.2 Å². The molecule has 0 amide bonds. The van der Waals surface area contributed by atoms with Gasteiger partial charge in [-0.05, 0) is 35.9 Å². The van der Waals surface area contributed by atoms with Crippen molar-refractivity contribution in [3.05, 3.63) is 59.4 Å². The SMILES string of the molecule is COc1ccc2c(c1)[C@@H](OC(C)=O)C(C)(C)[C@@H](c1ccc(F)cc1)N2. The summed E-state index contributed by atoms with van der Waals surface area (Å²) in [4.78, 5) is 11.7. The van der Waals surface area contributed by atoms with Gasteiger partial charge in [0.25, 0.3) is 0 Å². The van der Waals surface area contributed by atoms with Crippen LogP contribution in [0.3, 0.4) is 0 Å². The molecule has 5 heteroatoms. The molecule has 0 aromatic heterocycles. The minimum Gasteiger partial charge on any atom is -0.497 e. The highest BCUT2D eigenvalue weighted by Crippen LogP contribution is 2.53. The highest BCUT2D eigenvalue weighted by atomic mass is 19.1. The van der Waals surface area contributed by atoms with Gasteiger partial charge in [-0.15, -0.1) is 0 Å². The maximum absolute atomic E-state index is 13.3. The molecule has 2 aromatic carbocycles. The van der Waals surface area contributed by atoms with Crippen LogP contribution >= 0.6 is 0 Å². The van der Waals surface area contributed by atoms with E-state index in [-0.39, 0.29) is 17.8 Å². The van der Waals surface area contributed by atoms with Crippen LogP contribution in [-0.4, -0.2) is 13.1 Å². The van der Waals surface area contributed by atoms with Gasteiger partial charge in [-0.1, -0.05) is 26.0 Å². The van der Waals surface area contributed by atoms with E-state index < -0.39 is 11.5 Å². The summed E-state index contributed by atoms with van der Waals surface area (Å²) in [6, 6.07) is 11.9. The summed E-state index contributed by atoms with van der Waals surface area (Å²) >= 11 is 0. The number of anilines is 1. The molecule has 0 saturated carbocycles. The van der Waals surface area contributed by atoms with E-state index >= 15 is 0 Å². The summed E-state index contributed by atoms with van der Waals surface area (Å²) in [5.41, 5.74) is 2.23. The number of rotatable bonds is 3.